The number of ether oxygens (including phenoxy) is 1. The molecular weight excluding hydrogens is 242 g/mol. The fourth-order valence-corrected chi connectivity index (χ4v) is 1.51. The number of carbonyl (C=O) groups is 1. The van der Waals surface area contributed by atoms with Crippen molar-refractivity contribution in [3.05, 3.63) is 36.2 Å². The molecule has 0 aromatic carbocycles. The molecule has 0 saturated heterocycles. The molecule has 0 aliphatic rings. The Balaban J connectivity index is 2.55. The maximum atomic E-state index is 11.9. The van der Waals surface area contributed by atoms with Crippen LogP contribution < -0.4 is 4.74 Å². The maximum absolute atomic E-state index is 11.9. The fourth-order valence-electron chi connectivity index (χ4n) is 1.51. The first kappa shape index (κ1) is 15.2. The van der Waals surface area contributed by atoms with Crippen molar-refractivity contribution in [3.8, 4) is 5.75 Å². The van der Waals surface area contributed by atoms with Crippen molar-refractivity contribution in [2.24, 2.45) is 0 Å². The predicted octanol–water partition coefficient (Wildman–Crippen LogP) is 1.17. The van der Waals surface area contributed by atoms with Crippen LogP contribution in [0.15, 0.2) is 30.6 Å². The molecule has 1 rings (SSSR count). The third-order valence-corrected chi connectivity index (χ3v) is 2.53. The van der Waals surface area contributed by atoms with Crippen LogP contribution >= 0.6 is 0 Å². The van der Waals surface area contributed by atoms with Crippen LogP contribution in [0, 0.1) is 0 Å². The van der Waals surface area contributed by atoms with Crippen LogP contribution in [0.2, 0.25) is 0 Å². The molecule has 1 aromatic heterocycles. The lowest BCUT2D eigenvalue weighted by molar-refractivity contribution is -0.125. The minimum absolute atomic E-state index is 0.0235. The molecule has 0 fully saturated rings. The van der Waals surface area contributed by atoms with Gasteiger partial charge in [-0.2, -0.15) is 0 Å². The summed E-state index contributed by atoms with van der Waals surface area (Å²) in [6.45, 7) is 1.26. The number of methoxy groups -OCH3 is 1. The van der Waals surface area contributed by atoms with Gasteiger partial charge >= 0.3 is 0 Å². The van der Waals surface area contributed by atoms with E-state index in [9.17, 15) is 4.79 Å². The van der Waals surface area contributed by atoms with E-state index in [0.717, 1.165) is 12.1 Å². The third kappa shape index (κ3) is 5.52. The van der Waals surface area contributed by atoms with Crippen molar-refractivity contribution in [1.82, 2.24) is 14.8 Å². The van der Waals surface area contributed by atoms with E-state index in [0.29, 0.717) is 12.3 Å². The van der Waals surface area contributed by atoms with Crippen molar-refractivity contribution in [2.75, 3.05) is 34.8 Å². The highest BCUT2D eigenvalue weighted by atomic mass is 16.5. The maximum Gasteiger partial charge on any atom is 0.246 e. The summed E-state index contributed by atoms with van der Waals surface area (Å²) >= 11 is 0. The van der Waals surface area contributed by atoms with Gasteiger partial charge in [-0.05, 0) is 25.7 Å². The SMILES string of the molecule is COc1cncc(CN(C)C(=O)/C=C/CN(C)C)c1. The second-order valence-corrected chi connectivity index (χ2v) is 4.59. The lowest BCUT2D eigenvalue weighted by atomic mass is 10.2. The predicted molar refractivity (Wildman–Crippen MR) is 75.0 cm³/mol. The van der Waals surface area contributed by atoms with Crippen molar-refractivity contribution in [3.63, 3.8) is 0 Å². The molecule has 0 atom stereocenters. The van der Waals surface area contributed by atoms with Gasteiger partial charge in [0.25, 0.3) is 0 Å². The van der Waals surface area contributed by atoms with E-state index in [1.54, 1.807) is 37.5 Å². The van der Waals surface area contributed by atoms with Crippen LogP contribution in [-0.2, 0) is 11.3 Å². The monoisotopic (exact) mass is 263 g/mol. The zero-order chi connectivity index (χ0) is 14.3. The number of aromatic nitrogens is 1. The molecule has 0 aliphatic carbocycles. The van der Waals surface area contributed by atoms with Crippen LogP contribution in [0.25, 0.3) is 0 Å². The minimum Gasteiger partial charge on any atom is -0.495 e. The molecular formula is C14H21N3O2. The lowest BCUT2D eigenvalue weighted by Crippen LogP contribution is -2.24. The van der Waals surface area contributed by atoms with E-state index < -0.39 is 0 Å². The van der Waals surface area contributed by atoms with Gasteiger partial charge in [0.15, 0.2) is 0 Å². The van der Waals surface area contributed by atoms with Gasteiger partial charge in [-0.1, -0.05) is 6.08 Å². The van der Waals surface area contributed by atoms with E-state index in [1.165, 1.54) is 0 Å². The molecule has 1 heterocycles. The summed E-state index contributed by atoms with van der Waals surface area (Å²) in [4.78, 5) is 19.6. The number of amides is 1. The Kier molecular flexibility index (Phi) is 6.02. The van der Waals surface area contributed by atoms with Crippen LogP contribution in [0.4, 0.5) is 0 Å². The average Bonchev–Trinajstić information content (AvgIpc) is 2.38. The van der Waals surface area contributed by atoms with Gasteiger partial charge < -0.3 is 14.5 Å². The van der Waals surface area contributed by atoms with E-state index in [1.807, 2.05) is 31.1 Å². The van der Waals surface area contributed by atoms with Crippen molar-refractivity contribution in [1.29, 1.82) is 0 Å². The van der Waals surface area contributed by atoms with E-state index in [2.05, 4.69) is 4.98 Å². The molecule has 0 bridgehead atoms. The molecule has 1 amide bonds. The molecule has 19 heavy (non-hydrogen) atoms. The first-order valence-electron chi connectivity index (χ1n) is 6.07. The molecule has 0 saturated carbocycles. The zero-order valence-corrected chi connectivity index (χ0v) is 12.0. The first-order valence-corrected chi connectivity index (χ1v) is 6.07. The Hall–Kier alpha value is -1.88. The average molecular weight is 263 g/mol. The second-order valence-electron chi connectivity index (χ2n) is 4.59. The Bertz CT molecular complexity index is 444. The number of carbonyl (C=O) groups excluding carboxylic acids is 1. The third-order valence-electron chi connectivity index (χ3n) is 2.53. The number of pyridine rings is 1. The number of hydrogen-bond donors (Lipinski definition) is 0. The van der Waals surface area contributed by atoms with Gasteiger partial charge in [0, 0.05) is 32.4 Å². The summed E-state index contributed by atoms with van der Waals surface area (Å²) < 4.78 is 5.10. The molecule has 0 spiro atoms. The number of hydrogen-bond acceptors (Lipinski definition) is 4. The lowest BCUT2D eigenvalue weighted by Gasteiger charge is -2.15. The molecule has 5 nitrogen and oxygen atoms in total. The topological polar surface area (TPSA) is 45.7 Å². The quantitative estimate of drug-likeness (QED) is 0.723. The molecule has 0 radical (unpaired) electrons. The largest absolute Gasteiger partial charge is 0.495 e. The molecule has 0 unspecified atom stereocenters. The fraction of sp³-hybridized carbons (Fsp3) is 0.429. The minimum atomic E-state index is -0.0235. The molecule has 0 N–H and O–H groups in total. The Labute approximate surface area is 114 Å². The molecule has 1 aromatic rings. The van der Waals surface area contributed by atoms with Crippen molar-refractivity contribution >= 4 is 5.91 Å². The van der Waals surface area contributed by atoms with Gasteiger partial charge in [-0.25, -0.2) is 0 Å². The summed E-state index contributed by atoms with van der Waals surface area (Å²) in [5.41, 5.74) is 0.941. The standard InChI is InChI=1S/C14H21N3O2/c1-16(2)7-5-6-14(18)17(3)11-12-8-13(19-4)10-15-9-12/h5-6,8-10H,7,11H2,1-4H3/b6-5+. The normalized spacial score (nSPS) is 11.0. The molecule has 0 aliphatic heterocycles. The van der Waals surface area contributed by atoms with Crippen molar-refractivity contribution < 1.29 is 9.53 Å². The highest BCUT2D eigenvalue weighted by molar-refractivity contribution is 5.87. The van der Waals surface area contributed by atoms with Crippen LogP contribution in [0.3, 0.4) is 0 Å². The van der Waals surface area contributed by atoms with E-state index >= 15 is 0 Å². The second kappa shape index (κ2) is 7.53. The van der Waals surface area contributed by atoms with Gasteiger partial charge in [-0.3, -0.25) is 9.78 Å². The van der Waals surface area contributed by atoms with Crippen LogP contribution in [0.5, 0.6) is 5.75 Å². The van der Waals surface area contributed by atoms with Gasteiger partial charge in [0.2, 0.25) is 5.91 Å². The molecule has 104 valence electrons. The Morgan fingerprint density at radius 3 is 2.74 bits per heavy atom. The zero-order valence-electron chi connectivity index (χ0n) is 12.0. The van der Waals surface area contributed by atoms with Crippen LogP contribution in [0.1, 0.15) is 5.56 Å². The summed E-state index contributed by atoms with van der Waals surface area (Å²) in [5, 5.41) is 0. The summed E-state index contributed by atoms with van der Waals surface area (Å²) in [6.07, 6.45) is 6.81. The summed E-state index contributed by atoms with van der Waals surface area (Å²) in [7, 11) is 7.28. The van der Waals surface area contributed by atoms with E-state index in [4.69, 9.17) is 4.74 Å². The van der Waals surface area contributed by atoms with Gasteiger partial charge in [-0.15, -0.1) is 0 Å². The summed E-state index contributed by atoms with van der Waals surface area (Å²) in [6, 6.07) is 1.88. The van der Waals surface area contributed by atoms with Crippen molar-refractivity contribution in [2.45, 2.75) is 6.54 Å². The highest BCUT2D eigenvalue weighted by Crippen LogP contribution is 2.11. The smallest absolute Gasteiger partial charge is 0.246 e. The number of rotatable bonds is 6. The van der Waals surface area contributed by atoms with Gasteiger partial charge in [0.05, 0.1) is 13.3 Å². The van der Waals surface area contributed by atoms with E-state index in [-0.39, 0.29) is 5.91 Å². The number of nitrogens with zero attached hydrogens (tertiary/aromatic N) is 3. The first-order chi connectivity index (χ1) is 9.02. The van der Waals surface area contributed by atoms with Crippen LogP contribution in [-0.4, -0.2) is 55.5 Å². The van der Waals surface area contributed by atoms with Gasteiger partial charge in [0.1, 0.15) is 5.75 Å². The highest BCUT2D eigenvalue weighted by Gasteiger charge is 2.06. The Morgan fingerprint density at radius 1 is 1.37 bits per heavy atom. The Morgan fingerprint density at radius 2 is 2.11 bits per heavy atom. The number of likely N-dealkylation sites (N-methyl/N-ethyl adjacent to an activating group) is 2. The summed E-state index contributed by atoms with van der Waals surface area (Å²) in [5.74, 6) is 0.672. The molecule has 5 heteroatoms.